The molecule has 1 aliphatic rings. The molecule has 116 valence electrons. The van der Waals surface area contributed by atoms with Gasteiger partial charge >= 0.3 is 6.03 Å². The topological polar surface area (TPSA) is 70.6 Å². The average Bonchev–Trinajstić information content (AvgIpc) is 2.99. The number of aliphatic hydroxyl groups is 1. The van der Waals surface area contributed by atoms with E-state index >= 15 is 0 Å². The Morgan fingerprint density at radius 1 is 1.52 bits per heavy atom. The first-order valence-corrected chi connectivity index (χ1v) is 7.16. The summed E-state index contributed by atoms with van der Waals surface area (Å²) in [5.74, 6) is -0.486. The van der Waals surface area contributed by atoms with E-state index in [9.17, 15) is 14.3 Å². The van der Waals surface area contributed by atoms with Crippen molar-refractivity contribution >= 4 is 6.03 Å². The quantitative estimate of drug-likeness (QED) is 0.775. The van der Waals surface area contributed by atoms with Crippen LogP contribution in [0.25, 0.3) is 0 Å². The predicted octanol–water partition coefficient (Wildman–Crippen LogP) is 1.73. The first-order chi connectivity index (χ1) is 10.1. The Morgan fingerprint density at radius 2 is 2.29 bits per heavy atom. The van der Waals surface area contributed by atoms with Crippen LogP contribution in [0.3, 0.4) is 0 Å². The van der Waals surface area contributed by atoms with Gasteiger partial charge < -0.3 is 20.5 Å². The number of amides is 2. The molecule has 0 spiro atoms. The van der Waals surface area contributed by atoms with Crippen LogP contribution in [-0.4, -0.2) is 36.4 Å². The lowest BCUT2D eigenvalue weighted by atomic mass is 10.1. The molecule has 1 aliphatic heterocycles. The summed E-state index contributed by atoms with van der Waals surface area (Å²) in [4.78, 5) is 11.7. The fourth-order valence-corrected chi connectivity index (χ4v) is 2.39. The molecule has 2 rings (SSSR count). The summed E-state index contributed by atoms with van der Waals surface area (Å²) in [6.45, 7) is 2.55. The smallest absolute Gasteiger partial charge is 0.315 e. The molecule has 3 unspecified atom stereocenters. The van der Waals surface area contributed by atoms with Crippen LogP contribution in [0.5, 0.6) is 0 Å². The van der Waals surface area contributed by atoms with E-state index in [4.69, 9.17) is 4.74 Å². The molecule has 0 radical (unpaired) electrons. The van der Waals surface area contributed by atoms with E-state index in [-0.39, 0.29) is 24.3 Å². The van der Waals surface area contributed by atoms with Gasteiger partial charge in [0.05, 0.1) is 18.2 Å². The zero-order chi connectivity index (χ0) is 15.2. The van der Waals surface area contributed by atoms with Crippen molar-refractivity contribution in [1.29, 1.82) is 0 Å². The van der Waals surface area contributed by atoms with Gasteiger partial charge in [0, 0.05) is 18.7 Å². The van der Waals surface area contributed by atoms with Crippen LogP contribution in [0.2, 0.25) is 0 Å². The number of nitrogens with one attached hydrogen (secondary N) is 2. The molecule has 0 bridgehead atoms. The third kappa shape index (κ3) is 4.41. The number of aliphatic hydroxyl groups excluding tert-OH is 1. The standard InChI is InChI=1S/C15H21FN2O3/c1-10(14-7-4-8-21-14)18-15(20)17-9-13(19)11-5-2-3-6-12(11)16/h2-3,5-6,10,13-14,19H,4,7-9H2,1H3,(H2,17,18,20). The molecule has 1 heterocycles. The van der Waals surface area contributed by atoms with E-state index in [1.165, 1.54) is 12.1 Å². The second kappa shape index (κ2) is 7.38. The molecule has 3 N–H and O–H groups in total. The Kier molecular flexibility index (Phi) is 5.52. The van der Waals surface area contributed by atoms with Crippen LogP contribution in [0, 0.1) is 5.82 Å². The second-order valence-electron chi connectivity index (χ2n) is 5.23. The number of carbonyl (C=O) groups excluding carboxylic acids is 1. The third-order valence-corrected chi connectivity index (χ3v) is 3.60. The van der Waals surface area contributed by atoms with Crippen molar-refractivity contribution in [3.05, 3.63) is 35.6 Å². The van der Waals surface area contributed by atoms with Gasteiger partial charge in [-0.2, -0.15) is 0 Å². The summed E-state index contributed by atoms with van der Waals surface area (Å²) in [7, 11) is 0. The fourth-order valence-electron chi connectivity index (χ4n) is 2.39. The molecule has 1 fully saturated rings. The van der Waals surface area contributed by atoms with Gasteiger partial charge in [-0.05, 0) is 25.8 Å². The summed E-state index contributed by atoms with van der Waals surface area (Å²) in [5.41, 5.74) is 0.171. The molecular formula is C15H21FN2O3. The number of carbonyl (C=O) groups is 1. The number of hydrogen-bond acceptors (Lipinski definition) is 3. The minimum atomic E-state index is -1.07. The van der Waals surface area contributed by atoms with E-state index in [1.54, 1.807) is 12.1 Å². The van der Waals surface area contributed by atoms with Crippen LogP contribution < -0.4 is 10.6 Å². The average molecular weight is 296 g/mol. The number of hydrogen-bond donors (Lipinski definition) is 3. The maximum Gasteiger partial charge on any atom is 0.315 e. The number of ether oxygens (including phenoxy) is 1. The molecule has 5 nitrogen and oxygen atoms in total. The molecule has 1 aromatic rings. The highest BCUT2D eigenvalue weighted by atomic mass is 19.1. The SMILES string of the molecule is CC(NC(=O)NCC(O)c1ccccc1F)C1CCCO1. The van der Waals surface area contributed by atoms with Crippen molar-refractivity contribution in [1.82, 2.24) is 10.6 Å². The zero-order valence-electron chi connectivity index (χ0n) is 12.0. The van der Waals surface area contributed by atoms with Gasteiger partial charge in [0.15, 0.2) is 0 Å². The van der Waals surface area contributed by atoms with Gasteiger partial charge in [0.25, 0.3) is 0 Å². The maximum atomic E-state index is 13.5. The van der Waals surface area contributed by atoms with Gasteiger partial charge in [0.1, 0.15) is 5.82 Å². The van der Waals surface area contributed by atoms with Crippen molar-refractivity contribution in [2.45, 2.75) is 38.0 Å². The van der Waals surface area contributed by atoms with Crippen LogP contribution in [0.4, 0.5) is 9.18 Å². The second-order valence-corrected chi connectivity index (χ2v) is 5.23. The zero-order valence-corrected chi connectivity index (χ0v) is 12.0. The van der Waals surface area contributed by atoms with Gasteiger partial charge in [-0.25, -0.2) is 9.18 Å². The molecule has 3 atom stereocenters. The van der Waals surface area contributed by atoms with Crippen LogP contribution in [0.15, 0.2) is 24.3 Å². The highest BCUT2D eigenvalue weighted by Gasteiger charge is 2.23. The molecule has 1 saturated heterocycles. The number of rotatable bonds is 5. The summed E-state index contributed by atoms with van der Waals surface area (Å²) >= 11 is 0. The van der Waals surface area contributed by atoms with Gasteiger partial charge in [-0.15, -0.1) is 0 Å². The summed E-state index contributed by atoms with van der Waals surface area (Å²) in [6.07, 6.45) is 0.895. The van der Waals surface area contributed by atoms with Crippen LogP contribution in [-0.2, 0) is 4.74 Å². The summed E-state index contributed by atoms with van der Waals surface area (Å²) < 4.78 is 19.0. The minimum Gasteiger partial charge on any atom is -0.386 e. The number of benzene rings is 1. The van der Waals surface area contributed by atoms with Crippen molar-refractivity contribution in [3.63, 3.8) is 0 Å². The Bertz CT molecular complexity index is 478. The molecule has 6 heteroatoms. The lowest BCUT2D eigenvalue weighted by Gasteiger charge is -2.21. The normalized spacial score (nSPS) is 20.8. The van der Waals surface area contributed by atoms with Crippen LogP contribution in [0.1, 0.15) is 31.4 Å². The molecule has 2 amide bonds. The molecule has 0 aromatic heterocycles. The maximum absolute atomic E-state index is 13.5. The molecule has 0 saturated carbocycles. The monoisotopic (exact) mass is 296 g/mol. The lowest BCUT2D eigenvalue weighted by molar-refractivity contribution is 0.0856. The first kappa shape index (κ1) is 15.7. The van der Waals surface area contributed by atoms with Gasteiger partial charge in [-0.3, -0.25) is 0 Å². The highest BCUT2D eigenvalue weighted by Crippen LogP contribution is 2.16. The summed E-state index contributed by atoms with van der Waals surface area (Å²) in [6, 6.07) is 5.47. The minimum absolute atomic E-state index is 0.0345. The Hall–Kier alpha value is -1.66. The summed E-state index contributed by atoms with van der Waals surface area (Å²) in [5, 5.41) is 15.2. The number of urea groups is 1. The molecular weight excluding hydrogens is 275 g/mol. The Morgan fingerprint density at radius 3 is 2.95 bits per heavy atom. The number of halogens is 1. The van der Waals surface area contributed by atoms with E-state index in [2.05, 4.69) is 10.6 Å². The molecule has 1 aromatic carbocycles. The van der Waals surface area contributed by atoms with E-state index in [1.807, 2.05) is 6.92 Å². The molecule has 0 aliphatic carbocycles. The third-order valence-electron chi connectivity index (χ3n) is 3.60. The largest absolute Gasteiger partial charge is 0.386 e. The Balaban J connectivity index is 1.77. The van der Waals surface area contributed by atoms with E-state index in [0.29, 0.717) is 0 Å². The van der Waals surface area contributed by atoms with Crippen molar-refractivity contribution in [2.24, 2.45) is 0 Å². The molecule has 21 heavy (non-hydrogen) atoms. The fraction of sp³-hybridized carbons (Fsp3) is 0.533. The van der Waals surface area contributed by atoms with Crippen molar-refractivity contribution in [2.75, 3.05) is 13.2 Å². The van der Waals surface area contributed by atoms with Crippen molar-refractivity contribution in [3.8, 4) is 0 Å². The van der Waals surface area contributed by atoms with Gasteiger partial charge in [0.2, 0.25) is 0 Å². The Labute approximate surface area is 123 Å². The van der Waals surface area contributed by atoms with Crippen LogP contribution >= 0.6 is 0 Å². The highest BCUT2D eigenvalue weighted by molar-refractivity contribution is 5.74. The lowest BCUT2D eigenvalue weighted by Crippen LogP contribution is -2.46. The van der Waals surface area contributed by atoms with Crippen molar-refractivity contribution < 1.29 is 19.0 Å². The van der Waals surface area contributed by atoms with E-state index < -0.39 is 18.0 Å². The van der Waals surface area contributed by atoms with Gasteiger partial charge in [-0.1, -0.05) is 18.2 Å². The van der Waals surface area contributed by atoms with E-state index in [0.717, 1.165) is 19.4 Å². The predicted molar refractivity (Wildman–Crippen MR) is 76.3 cm³/mol. The first-order valence-electron chi connectivity index (χ1n) is 7.16.